The van der Waals surface area contributed by atoms with Crippen molar-refractivity contribution in [1.82, 2.24) is 4.90 Å². The van der Waals surface area contributed by atoms with Gasteiger partial charge >= 0.3 is 0 Å². The van der Waals surface area contributed by atoms with Gasteiger partial charge in [0, 0.05) is 31.8 Å². The smallest absolute Gasteiger partial charge is 0.269 e. The zero-order valence-corrected chi connectivity index (χ0v) is 18.6. The zero-order valence-electron chi connectivity index (χ0n) is 17.7. The third-order valence-corrected chi connectivity index (χ3v) is 6.27. The number of piperidine rings is 1. The van der Waals surface area contributed by atoms with E-state index in [1.807, 2.05) is 12.1 Å². The van der Waals surface area contributed by atoms with Gasteiger partial charge in [-0.15, -0.1) is 12.4 Å². The lowest BCUT2D eigenvalue weighted by molar-refractivity contribution is -0.384. The molecule has 5 heteroatoms. The van der Waals surface area contributed by atoms with Gasteiger partial charge in [0.2, 0.25) is 0 Å². The van der Waals surface area contributed by atoms with Gasteiger partial charge in [0.1, 0.15) is 0 Å². The maximum Gasteiger partial charge on any atom is 0.269 e. The number of rotatable bonds is 3. The van der Waals surface area contributed by atoms with Crippen molar-refractivity contribution in [3.05, 3.63) is 116 Å². The Kier molecular flexibility index (Phi) is 6.54. The average molecular weight is 445 g/mol. The number of fused-ring (bicyclic) bond motifs is 2. The van der Waals surface area contributed by atoms with Crippen LogP contribution in [-0.4, -0.2) is 22.9 Å². The normalized spacial score (nSPS) is 15.4. The molecule has 1 fully saturated rings. The van der Waals surface area contributed by atoms with E-state index in [1.54, 1.807) is 12.1 Å². The van der Waals surface area contributed by atoms with Gasteiger partial charge in [-0.25, -0.2) is 0 Å². The number of hydrogen-bond donors (Lipinski definition) is 0. The fourth-order valence-corrected chi connectivity index (χ4v) is 4.66. The molecule has 0 atom stereocenters. The SMILES string of the molecule is Cl.O=[N+]([O-])c1ccc(CN2CCC(=C3c4ccccc4C=Cc4ccccc43)CC2)cc1. The summed E-state index contributed by atoms with van der Waals surface area (Å²) in [6.07, 6.45) is 6.52. The van der Waals surface area contributed by atoms with E-state index in [9.17, 15) is 10.1 Å². The largest absolute Gasteiger partial charge is 0.298 e. The highest BCUT2D eigenvalue weighted by atomic mass is 35.5. The Morgan fingerprint density at radius 1 is 0.781 bits per heavy atom. The van der Waals surface area contributed by atoms with Gasteiger partial charge in [-0.3, -0.25) is 15.0 Å². The first-order chi connectivity index (χ1) is 15.2. The first-order valence-electron chi connectivity index (χ1n) is 10.7. The molecular formula is C27H25ClN2O2. The summed E-state index contributed by atoms with van der Waals surface area (Å²) in [7, 11) is 0. The third-order valence-electron chi connectivity index (χ3n) is 6.27. The Morgan fingerprint density at radius 2 is 1.31 bits per heavy atom. The Balaban J connectivity index is 0.00000245. The number of halogens is 1. The van der Waals surface area contributed by atoms with Gasteiger partial charge in [0.25, 0.3) is 5.69 Å². The fraction of sp³-hybridized carbons (Fsp3) is 0.185. The van der Waals surface area contributed by atoms with Crippen molar-refractivity contribution in [3.8, 4) is 0 Å². The Bertz CT molecular complexity index is 1140. The standard InChI is InChI=1S/C27H24N2O2.ClH/c30-29(31)24-13-9-20(10-14-24)19-28-17-15-23(16-18-28)27-25-7-3-1-5-21(25)11-12-22-6-2-4-8-26(22)27;/h1-14H,15-19H2;1H. The molecule has 0 radical (unpaired) electrons. The van der Waals surface area contributed by atoms with Gasteiger partial charge < -0.3 is 0 Å². The van der Waals surface area contributed by atoms with Gasteiger partial charge in [0.15, 0.2) is 0 Å². The summed E-state index contributed by atoms with van der Waals surface area (Å²) < 4.78 is 0. The predicted molar refractivity (Wildman–Crippen MR) is 133 cm³/mol. The van der Waals surface area contributed by atoms with Crippen molar-refractivity contribution < 1.29 is 4.92 Å². The Hall–Kier alpha value is -3.21. The number of nitro groups is 1. The van der Waals surface area contributed by atoms with Crippen LogP contribution in [0.3, 0.4) is 0 Å². The molecule has 5 rings (SSSR count). The number of non-ortho nitro benzene ring substituents is 1. The highest BCUT2D eigenvalue weighted by molar-refractivity contribution is 5.94. The number of benzene rings is 3. The van der Waals surface area contributed by atoms with Crippen molar-refractivity contribution in [2.45, 2.75) is 19.4 Å². The second kappa shape index (κ2) is 9.51. The van der Waals surface area contributed by atoms with Crippen LogP contribution in [0.4, 0.5) is 5.69 Å². The van der Waals surface area contributed by atoms with Crippen LogP contribution in [0.15, 0.2) is 78.4 Å². The summed E-state index contributed by atoms with van der Waals surface area (Å²) in [6.45, 7) is 2.82. The van der Waals surface area contributed by atoms with Crippen LogP contribution in [-0.2, 0) is 6.54 Å². The van der Waals surface area contributed by atoms with Crippen LogP contribution in [0.2, 0.25) is 0 Å². The Labute approximate surface area is 194 Å². The van der Waals surface area contributed by atoms with Crippen molar-refractivity contribution in [1.29, 1.82) is 0 Å². The first-order valence-corrected chi connectivity index (χ1v) is 10.7. The maximum atomic E-state index is 10.9. The molecule has 0 unspecified atom stereocenters. The molecule has 0 bridgehead atoms. The van der Waals surface area contributed by atoms with E-state index in [0.29, 0.717) is 0 Å². The van der Waals surface area contributed by atoms with Gasteiger partial charge in [-0.2, -0.15) is 0 Å². The van der Waals surface area contributed by atoms with Gasteiger partial charge in [-0.1, -0.05) is 78.4 Å². The minimum atomic E-state index is -0.347. The molecular weight excluding hydrogens is 420 g/mol. The van der Waals surface area contributed by atoms with E-state index in [0.717, 1.165) is 38.0 Å². The van der Waals surface area contributed by atoms with Crippen LogP contribution in [0, 0.1) is 10.1 Å². The minimum absolute atomic E-state index is 0. The quantitative estimate of drug-likeness (QED) is 0.264. The van der Waals surface area contributed by atoms with Crippen LogP contribution in [0.1, 0.15) is 40.7 Å². The Morgan fingerprint density at radius 3 is 1.84 bits per heavy atom. The predicted octanol–water partition coefficient (Wildman–Crippen LogP) is 6.60. The van der Waals surface area contributed by atoms with E-state index >= 15 is 0 Å². The first kappa shape index (κ1) is 22.0. The van der Waals surface area contributed by atoms with Crippen LogP contribution in [0.5, 0.6) is 0 Å². The summed E-state index contributed by atoms with van der Waals surface area (Å²) in [5.74, 6) is 0. The van der Waals surface area contributed by atoms with Gasteiger partial charge in [0.05, 0.1) is 4.92 Å². The van der Waals surface area contributed by atoms with E-state index in [1.165, 1.54) is 33.4 Å². The molecule has 0 spiro atoms. The van der Waals surface area contributed by atoms with Crippen molar-refractivity contribution in [2.24, 2.45) is 0 Å². The molecule has 162 valence electrons. The molecule has 1 aliphatic carbocycles. The maximum absolute atomic E-state index is 10.9. The van der Waals surface area contributed by atoms with E-state index < -0.39 is 0 Å². The lowest BCUT2D eigenvalue weighted by Crippen LogP contribution is -2.30. The van der Waals surface area contributed by atoms with E-state index in [4.69, 9.17) is 0 Å². The summed E-state index contributed by atoms with van der Waals surface area (Å²) in [4.78, 5) is 13.0. The second-order valence-corrected chi connectivity index (χ2v) is 8.19. The number of nitro benzene ring substituents is 1. The lowest BCUT2D eigenvalue weighted by Gasteiger charge is -2.30. The highest BCUT2D eigenvalue weighted by Crippen LogP contribution is 2.38. The molecule has 4 nitrogen and oxygen atoms in total. The van der Waals surface area contributed by atoms with Crippen LogP contribution >= 0.6 is 12.4 Å². The number of nitrogens with zero attached hydrogens (tertiary/aromatic N) is 2. The summed E-state index contributed by atoms with van der Waals surface area (Å²) >= 11 is 0. The average Bonchev–Trinajstić information content (AvgIpc) is 2.97. The number of likely N-dealkylation sites (tertiary alicyclic amines) is 1. The monoisotopic (exact) mass is 444 g/mol. The molecule has 0 N–H and O–H groups in total. The second-order valence-electron chi connectivity index (χ2n) is 8.19. The molecule has 3 aromatic rings. The molecule has 0 amide bonds. The lowest BCUT2D eigenvalue weighted by atomic mass is 9.86. The van der Waals surface area contributed by atoms with E-state index in [-0.39, 0.29) is 23.0 Å². The summed E-state index contributed by atoms with van der Waals surface area (Å²) in [5, 5.41) is 10.9. The van der Waals surface area contributed by atoms with E-state index in [2.05, 4.69) is 65.6 Å². The molecule has 0 saturated carbocycles. The molecule has 1 heterocycles. The molecule has 2 aliphatic rings. The summed E-state index contributed by atoms with van der Waals surface area (Å²) in [6, 6.07) is 24.3. The zero-order chi connectivity index (χ0) is 21.2. The molecule has 3 aromatic carbocycles. The third kappa shape index (κ3) is 4.38. The van der Waals surface area contributed by atoms with Crippen molar-refractivity contribution >= 4 is 35.8 Å². The van der Waals surface area contributed by atoms with Gasteiger partial charge in [-0.05, 0) is 46.2 Å². The van der Waals surface area contributed by atoms with Crippen LogP contribution < -0.4 is 0 Å². The summed E-state index contributed by atoms with van der Waals surface area (Å²) in [5.41, 5.74) is 9.37. The molecule has 32 heavy (non-hydrogen) atoms. The van der Waals surface area contributed by atoms with Crippen molar-refractivity contribution in [3.63, 3.8) is 0 Å². The molecule has 1 saturated heterocycles. The topological polar surface area (TPSA) is 46.4 Å². The van der Waals surface area contributed by atoms with Crippen molar-refractivity contribution in [2.75, 3.05) is 13.1 Å². The number of hydrogen-bond acceptors (Lipinski definition) is 3. The highest BCUT2D eigenvalue weighted by Gasteiger charge is 2.22. The van der Waals surface area contributed by atoms with Crippen LogP contribution in [0.25, 0.3) is 17.7 Å². The fourth-order valence-electron chi connectivity index (χ4n) is 4.66. The minimum Gasteiger partial charge on any atom is -0.298 e. The molecule has 1 aliphatic heterocycles. The molecule has 0 aromatic heterocycles.